The second-order valence-electron chi connectivity index (χ2n) is 6.68. The summed E-state index contributed by atoms with van der Waals surface area (Å²) < 4.78 is 6.80. The van der Waals surface area contributed by atoms with E-state index in [1.807, 2.05) is 11.8 Å². The Morgan fingerprint density at radius 1 is 1.29 bits per heavy atom. The first-order valence-corrected chi connectivity index (χ1v) is 8.79. The van der Waals surface area contributed by atoms with Gasteiger partial charge in [-0.15, -0.1) is 0 Å². The third kappa shape index (κ3) is 3.52. The van der Waals surface area contributed by atoms with Crippen molar-refractivity contribution in [3.05, 3.63) is 28.2 Å². The standard InChI is InChI=1S/C17H26N4O3/c1-3-6-21-16(22)5-4-14(18-21)17(23)20-11-13(2)15(12-20)19-7-9-24-10-8-19/h4-5,13,15H,3,6-12H2,1-2H3. The molecule has 7 nitrogen and oxygen atoms in total. The van der Waals surface area contributed by atoms with Gasteiger partial charge in [0.25, 0.3) is 11.5 Å². The zero-order valence-electron chi connectivity index (χ0n) is 14.5. The van der Waals surface area contributed by atoms with E-state index in [2.05, 4.69) is 16.9 Å². The van der Waals surface area contributed by atoms with Crippen LogP contribution in [0.1, 0.15) is 30.8 Å². The van der Waals surface area contributed by atoms with Crippen LogP contribution in [0.3, 0.4) is 0 Å². The van der Waals surface area contributed by atoms with Crippen LogP contribution in [-0.2, 0) is 11.3 Å². The summed E-state index contributed by atoms with van der Waals surface area (Å²) in [6.45, 7) is 9.54. The van der Waals surface area contributed by atoms with Crippen molar-refractivity contribution in [2.45, 2.75) is 32.9 Å². The summed E-state index contributed by atoms with van der Waals surface area (Å²) in [4.78, 5) is 28.9. The van der Waals surface area contributed by atoms with Gasteiger partial charge in [-0.2, -0.15) is 5.10 Å². The molecule has 2 aliphatic rings. The quantitative estimate of drug-likeness (QED) is 0.800. The van der Waals surface area contributed by atoms with E-state index in [1.54, 1.807) is 6.07 Å². The Balaban J connectivity index is 1.71. The number of rotatable bonds is 4. The second kappa shape index (κ2) is 7.44. The Morgan fingerprint density at radius 2 is 2.04 bits per heavy atom. The second-order valence-corrected chi connectivity index (χ2v) is 6.68. The number of hydrogen-bond donors (Lipinski definition) is 0. The number of amides is 1. The van der Waals surface area contributed by atoms with Crippen LogP contribution in [0.15, 0.2) is 16.9 Å². The monoisotopic (exact) mass is 334 g/mol. The van der Waals surface area contributed by atoms with Crippen molar-refractivity contribution in [1.82, 2.24) is 19.6 Å². The lowest BCUT2D eigenvalue weighted by molar-refractivity contribution is 0.0119. The molecular weight excluding hydrogens is 308 g/mol. The summed E-state index contributed by atoms with van der Waals surface area (Å²) >= 11 is 0. The summed E-state index contributed by atoms with van der Waals surface area (Å²) in [5, 5.41) is 4.25. The van der Waals surface area contributed by atoms with Gasteiger partial charge < -0.3 is 9.64 Å². The lowest BCUT2D eigenvalue weighted by Gasteiger charge is -2.33. The van der Waals surface area contributed by atoms with Crippen molar-refractivity contribution in [2.75, 3.05) is 39.4 Å². The van der Waals surface area contributed by atoms with Crippen molar-refractivity contribution in [3.63, 3.8) is 0 Å². The van der Waals surface area contributed by atoms with Gasteiger partial charge in [0.2, 0.25) is 0 Å². The summed E-state index contributed by atoms with van der Waals surface area (Å²) in [6, 6.07) is 3.36. The van der Waals surface area contributed by atoms with Crippen molar-refractivity contribution in [3.8, 4) is 0 Å². The molecule has 0 aliphatic carbocycles. The molecule has 0 spiro atoms. The first-order chi connectivity index (χ1) is 11.6. The van der Waals surface area contributed by atoms with E-state index < -0.39 is 0 Å². The predicted molar refractivity (Wildman–Crippen MR) is 90.0 cm³/mol. The Labute approximate surface area is 142 Å². The topological polar surface area (TPSA) is 67.7 Å². The van der Waals surface area contributed by atoms with Crippen LogP contribution < -0.4 is 5.56 Å². The normalized spacial score (nSPS) is 25.2. The molecule has 2 unspecified atom stereocenters. The van der Waals surface area contributed by atoms with Gasteiger partial charge in [-0.25, -0.2) is 4.68 Å². The molecule has 0 aromatic carbocycles. The van der Waals surface area contributed by atoms with Crippen LogP contribution in [0, 0.1) is 5.92 Å². The zero-order valence-corrected chi connectivity index (χ0v) is 14.5. The lowest BCUT2D eigenvalue weighted by atomic mass is 10.0. The fourth-order valence-corrected chi connectivity index (χ4v) is 3.60. The molecule has 0 N–H and O–H groups in total. The zero-order chi connectivity index (χ0) is 17.1. The molecular formula is C17H26N4O3. The summed E-state index contributed by atoms with van der Waals surface area (Å²) in [7, 11) is 0. The number of likely N-dealkylation sites (tertiary alicyclic amines) is 1. The van der Waals surface area contributed by atoms with E-state index >= 15 is 0 Å². The van der Waals surface area contributed by atoms with Gasteiger partial charge in [0.15, 0.2) is 0 Å². The molecule has 132 valence electrons. The molecule has 3 heterocycles. The van der Waals surface area contributed by atoms with E-state index in [1.165, 1.54) is 10.7 Å². The molecule has 2 saturated heterocycles. The minimum Gasteiger partial charge on any atom is -0.379 e. The molecule has 1 amide bonds. The first-order valence-electron chi connectivity index (χ1n) is 8.79. The highest BCUT2D eigenvalue weighted by Crippen LogP contribution is 2.23. The van der Waals surface area contributed by atoms with E-state index in [9.17, 15) is 9.59 Å². The Hall–Kier alpha value is -1.73. The fourth-order valence-electron chi connectivity index (χ4n) is 3.60. The van der Waals surface area contributed by atoms with E-state index in [-0.39, 0.29) is 11.5 Å². The molecule has 2 atom stereocenters. The Bertz CT molecular complexity index is 639. The van der Waals surface area contributed by atoms with Gasteiger partial charge in [-0.1, -0.05) is 13.8 Å². The summed E-state index contributed by atoms with van der Waals surface area (Å²) in [5.74, 6) is 0.344. The third-order valence-corrected chi connectivity index (χ3v) is 4.90. The number of nitrogens with zero attached hydrogens (tertiary/aromatic N) is 4. The average molecular weight is 334 g/mol. The fraction of sp³-hybridized carbons (Fsp3) is 0.706. The SMILES string of the molecule is CCCn1nc(C(=O)N2CC(C)C(N3CCOCC3)C2)ccc1=O. The van der Waals surface area contributed by atoms with Crippen LogP contribution in [0.2, 0.25) is 0 Å². The largest absolute Gasteiger partial charge is 0.379 e. The molecule has 0 radical (unpaired) electrons. The van der Waals surface area contributed by atoms with Gasteiger partial charge in [-0.3, -0.25) is 14.5 Å². The smallest absolute Gasteiger partial charge is 0.274 e. The molecule has 0 bridgehead atoms. The molecule has 7 heteroatoms. The van der Waals surface area contributed by atoms with Gasteiger partial charge in [0, 0.05) is 44.8 Å². The minimum absolute atomic E-state index is 0.0811. The molecule has 3 rings (SSSR count). The van der Waals surface area contributed by atoms with Crippen LogP contribution in [-0.4, -0.2) is 70.9 Å². The van der Waals surface area contributed by atoms with Crippen molar-refractivity contribution >= 4 is 5.91 Å². The third-order valence-electron chi connectivity index (χ3n) is 4.90. The highest BCUT2D eigenvalue weighted by Gasteiger charge is 2.37. The van der Waals surface area contributed by atoms with E-state index in [0.29, 0.717) is 30.7 Å². The van der Waals surface area contributed by atoms with Gasteiger partial charge in [-0.05, 0) is 18.4 Å². The lowest BCUT2D eigenvalue weighted by Crippen LogP contribution is -2.47. The van der Waals surface area contributed by atoms with Crippen molar-refractivity contribution < 1.29 is 9.53 Å². The van der Waals surface area contributed by atoms with Crippen molar-refractivity contribution in [1.29, 1.82) is 0 Å². The van der Waals surface area contributed by atoms with Crippen LogP contribution in [0.5, 0.6) is 0 Å². The number of aromatic nitrogens is 2. The van der Waals surface area contributed by atoms with Gasteiger partial charge in [0.05, 0.1) is 13.2 Å². The van der Waals surface area contributed by atoms with Crippen molar-refractivity contribution in [2.24, 2.45) is 5.92 Å². The van der Waals surface area contributed by atoms with Gasteiger partial charge >= 0.3 is 0 Å². The highest BCUT2D eigenvalue weighted by molar-refractivity contribution is 5.92. The predicted octanol–water partition coefficient (Wildman–Crippen LogP) is 0.446. The molecule has 1 aromatic rings. The molecule has 24 heavy (non-hydrogen) atoms. The summed E-state index contributed by atoms with van der Waals surface area (Å²) in [5.41, 5.74) is 0.201. The van der Waals surface area contributed by atoms with E-state index in [4.69, 9.17) is 4.74 Å². The number of aryl methyl sites for hydroxylation is 1. The maximum absolute atomic E-state index is 12.8. The Morgan fingerprint density at radius 3 is 2.75 bits per heavy atom. The Kier molecular flexibility index (Phi) is 5.30. The van der Waals surface area contributed by atoms with Crippen LogP contribution in [0.25, 0.3) is 0 Å². The number of carbonyl (C=O) groups excluding carboxylic acids is 1. The van der Waals surface area contributed by atoms with Crippen LogP contribution >= 0.6 is 0 Å². The number of carbonyl (C=O) groups is 1. The number of morpholine rings is 1. The minimum atomic E-state index is -0.158. The van der Waals surface area contributed by atoms with Crippen LogP contribution in [0.4, 0.5) is 0 Å². The molecule has 0 saturated carbocycles. The van der Waals surface area contributed by atoms with Gasteiger partial charge in [0.1, 0.15) is 5.69 Å². The van der Waals surface area contributed by atoms with E-state index in [0.717, 1.165) is 39.3 Å². The maximum Gasteiger partial charge on any atom is 0.274 e. The molecule has 1 aromatic heterocycles. The molecule has 2 aliphatic heterocycles. The molecule has 2 fully saturated rings. The first kappa shape index (κ1) is 17.1. The summed E-state index contributed by atoms with van der Waals surface area (Å²) in [6.07, 6.45) is 0.810. The number of ether oxygens (including phenoxy) is 1. The average Bonchev–Trinajstić information content (AvgIpc) is 2.99. The highest BCUT2D eigenvalue weighted by atomic mass is 16.5. The maximum atomic E-state index is 12.8. The number of hydrogen-bond acceptors (Lipinski definition) is 5.